The number of halogens is 3. The average Bonchev–Trinajstić information content (AvgIpc) is 3.13. The number of nitrogens with one attached hydrogen (secondary N) is 2. The summed E-state index contributed by atoms with van der Waals surface area (Å²) in [6.07, 6.45) is -3.16. The van der Waals surface area contributed by atoms with Crippen molar-refractivity contribution in [1.82, 2.24) is 5.32 Å². The third kappa shape index (κ3) is 5.11. The summed E-state index contributed by atoms with van der Waals surface area (Å²) in [4.78, 5) is 38.6. The average molecular weight is 431 g/mol. The summed E-state index contributed by atoms with van der Waals surface area (Å²) < 4.78 is 38.9. The first-order chi connectivity index (χ1) is 14.7. The zero-order valence-electron chi connectivity index (χ0n) is 16.4. The van der Waals surface area contributed by atoms with Gasteiger partial charge in [0.1, 0.15) is 0 Å². The van der Waals surface area contributed by atoms with Crippen LogP contribution in [0.5, 0.6) is 0 Å². The second-order valence-corrected chi connectivity index (χ2v) is 6.99. The van der Waals surface area contributed by atoms with E-state index in [9.17, 15) is 27.6 Å². The quantitative estimate of drug-likeness (QED) is 0.686. The number of anilines is 2. The normalized spacial score (nSPS) is 16.2. The zero-order valence-corrected chi connectivity index (χ0v) is 16.4. The number of hydrogen-bond acceptors (Lipinski definition) is 3. The van der Waals surface area contributed by atoms with Gasteiger partial charge in [0.2, 0.25) is 11.8 Å². The van der Waals surface area contributed by atoms with Gasteiger partial charge in [-0.3, -0.25) is 14.4 Å². The van der Waals surface area contributed by atoms with E-state index in [4.69, 9.17) is 0 Å². The molecule has 3 amide bonds. The minimum Gasteiger partial charge on any atom is -0.349 e. The summed E-state index contributed by atoms with van der Waals surface area (Å²) in [5, 5.41) is 5.28. The fraction of sp³-hybridized carbons (Fsp3) is 0.227. The van der Waals surface area contributed by atoms with Crippen LogP contribution in [0.25, 0.3) is 0 Å². The lowest BCUT2D eigenvalue weighted by molar-refractivity contribution is -0.137. The molecular formula is C22H20F3N3O3. The Kier molecular flexibility index (Phi) is 6.43. The number of amides is 3. The highest BCUT2D eigenvalue weighted by Gasteiger charge is 2.37. The number of carbonyl (C=O) groups excluding carboxylic acids is 3. The van der Waals surface area contributed by atoms with Gasteiger partial charge < -0.3 is 15.5 Å². The van der Waals surface area contributed by atoms with E-state index in [1.54, 1.807) is 24.3 Å². The third-order valence-electron chi connectivity index (χ3n) is 4.82. The van der Waals surface area contributed by atoms with E-state index in [1.165, 1.54) is 23.1 Å². The van der Waals surface area contributed by atoms with Crippen LogP contribution in [0.1, 0.15) is 22.3 Å². The van der Waals surface area contributed by atoms with Crippen molar-refractivity contribution in [3.63, 3.8) is 0 Å². The van der Waals surface area contributed by atoms with Crippen molar-refractivity contribution >= 4 is 29.1 Å². The van der Waals surface area contributed by atoms with Gasteiger partial charge in [0, 0.05) is 25.2 Å². The monoisotopic (exact) mass is 431 g/mol. The molecule has 0 aliphatic carbocycles. The number of hydrogen-bond donors (Lipinski definition) is 2. The Morgan fingerprint density at radius 1 is 1.16 bits per heavy atom. The molecule has 1 aliphatic heterocycles. The Balaban J connectivity index is 1.73. The Bertz CT molecular complexity index is 1020. The fourth-order valence-corrected chi connectivity index (χ4v) is 3.27. The molecule has 1 atom stereocenters. The van der Waals surface area contributed by atoms with Gasteiger partial charge in [0.05, 0.1) is 22.7 Å². The summed E-state index contributed by atoms with van der Waals surface area (Å²) in [7, 11) is 0. The van der Waals surface area contributed by atoms with E-state index in [1.807, 2.05) is 0 Å². The molecule has 2 aromatic carbocycles. The molecule has 0 bridgehead atoms. The van der Waals surface area contributed by atoms with Gasteiger partial charge in [-0.1, -0.05) is 24.3 Å². The van der Waals surface area contributed by atoms with E-state index < -0.39 is 35.4 Å². The van der Waals surface area contributed by atoms with Crippen molar-refractivity contribution in [3.05, 3.63) is 72.3 Å². The molecule has 162 valence electrons. The third-order valence-corrected chi connectivity index (χ3v) is 4.82. The van der Waals surface area contributed by atoms with Crippen molar-refractivity contribution in [2.45, 2.75) is 12.6 Å². The van der Waals surface area contributed by atoms with Crippen molar-refractivity contribution in [2.75, 3.05) is 23.3 Å². The molecule has 2 aromatic rings. The maximum Gasteiger partial charge on any atom is 0.416 e. The van der Waals surface area contributed by atoms with Gasteiger partial charge in [-0.05, 0) is 30.3 Å². The molecule has 0 spiro atoms. The SMILES string of the molecule is C=CCNC(=O)c1ccccc1NC(=O)[C@H]1CC(=O)N(c2cccc(C(F)(F)F)c2)C1. The van der Waals surface area contributed by atoms with E-state index in [-0.39, 0.29) is 36.4 Å². The van der Waals surface area contributed by atoms with Crippen LogP contribution in [0.2, 0.25) is 0 Å². The lowest BCUT2D eigenvalue weighted by atomic mass is 10.1. The second-order valence-electron chi connectivity index (χ2n) is 6.99. The summed E-state index contributed by atoms with van der Waals surface area (Å²) >= 11 is 0. The van der Waals surface area contributed by atoms with Gasteiger partial charge >= 0.3 is 6.18 Å². The number of para-hydroxylation sites is 1. The molecular weight excluding hydrogens is 411 g/mol. The Labute approximate surface area is 176 Å². The molecule has 0 saturated carbocycles. The molecule has 1 fully saturated rings. The smallest absolute Gasteiger partial charge is 0.349 e. The van der Waals surface area contributed by atoms with Gasteiger partial charge in [-0.25, -0.2) is 0 Å². The van der Waals surface area contributed by atoms with Crippen LogP contribution >= 0.6 is 0 Å². The zero-order chi connectivity index (χ0) is 22.6. The van der Waals surface area contributed by atoms with Crippen LogP contribution in [-0.2, 0) is 15.8 Å². The first-order valence-electron chi connectivity index (χ1n) is 9.47. The Hall–Kier alpha value is -3.62. The molecule has 3 rings (SSSR count). The van der Waals surface area contributed by atoms with E-state index >= 15 is 0 Å². The van der Waals surface area contributed by atoms with Crippen LogP contribution in [0, 0.1) is 5.92 Å². The standard InChI is InChI=1S/C22H20F3N3O3/c1-2-10-26-21(31)17-8-3-4-9-18(17)27-20(30)14-11-19(29)28(13-14)16-7-5-6-15(12-16)22(23,24)25/h2-9,12,14H,1,10-11,13H2,(H,26,31)(H,27,30)/t14-/m0/s1. The lowest BCUT2D eigenvalue weighted by Gasteiger charge is -2.18. The second kappa shape index (κ2) is 9.03. The van der Waals surface area contributed by atoms with Gasteiger partial charge in [-0.2, -0.15) is 13.2 Å². The van der Waals surface area contributed by atoms with E-state index in [0.717, 1.165) is 12.1 Å². The summed E-state index contributed by atoms with van der Waals surface area (Å²) in [6.45, 7) is 3.72. The molecule has 31 heavy (non-hydrogen) atoms. The number of benzene rings is 2. The number of nitrogens with zero attached hydrogens (tertiary/aromatic N) is 1. The molecule has 0 unspecified atom stereocenters. The predicted octanol–water partition coefficient (Wildman–Crippen LogP) is 3.61. The Morgan fingerprint density at radius 3 is 2.61 bits per heavy atom. The van der Waals surface area contributed by atoms with Crippen molar-refractivity contribution in [2.24, 2.45) is 5.92 Å². The lowest BCUT2D eigenvalue weighted by Crippen LogP contribution is -2.29. The molecule has 1 saturated heterocycles. The van der Waals surface area contributed by atoms with Gasteiger partial charge in [0.15, 0.2) is 0 Å². The minimum absolute atomic E-state index is 0.0587. The molecule has 9 heteroatoms. The largest absolute Gasteiger partial charge is 0.416 e. The van der Waals surface area contributed by atoms with Crippen LogP contribution < -0.4 is 15.5 Å². The van der Waals surface area contributed by atoms with E-state index in [2.05, 4.69) is 17.2 Å². The molecule has 1 aliphatic rings. The first-order valence-corrected chi connectivity index (χ1v) is 9.47. The highest BCUT2D eigenvalue weighted by atomic mass is 19.4. The molecule has 1 heterocycles. The van der Waals surface area contributed by atoms with Gasteiger partial charge in [-0.15, -0.1) is 6.58 Å². The van der Waals surface area contributed by atoms with E-state index in [0.29, 0.717) is 0 Å². The predicted molar refractivity (Wildman–Crippen MR) is 110 cm³/mol. The fourth-order valence-electron chi connectivity index (χ4n) is 3.27. The minimum atomic E-state index is -4.54. The Morgan fingerprint density at radius 2 is 1.90 bits per heavy atom. The molecule has 0 radical (unpaired) electrons. The summed E-state index contributed by atoms with van der Waals surface area (Å²) in [6, 6.07) is 10.8. The highest BCUT2D eigenvalue weighted by Crippen LogP contribution is 2.33. The maximum atomic E-state index is 13.0. The van der Waals surface area contributed by atoms with Gasteiger partial charge in [0.25, 0.3) is 5.91 Å². The van der Waals surface area contributed by atoms with Crippen LogP contribution in [0.15, 0.2) is 61.2 Å². The maximum absolute atomic E-state index is 13.0. The number of alkyl halides is 3. The van der Waals surface area contributed by atoms with Crippen LogP contribution in [0.3, 0.4) is 0 Å². The van der Waals surface area contributed by atoms with Crippen molar-refractivity contribution < 1.29 is 27.6 Å². The molecule has 6 nitrogen and oxygen atoms in total. The molecule has 2 N–H and O–H groups in total. The molecule has 0 aromatic heterocycles. The van der Waals surface area contributed by atoms with Crippen molar-refractivity contribution in [3.8, 4) is 0 Å². The van der Waals surface area contributed by atoms with Crippen LogP contribution in [-0.4, -0.2) is 30.8 Å². The summed E-state index contributed by atoms with van der Waals surface area (Å²) in [5.74, 6) is -2.11. The summed E-state index contributed by atoms with van der Waals surface area (Å²) in [5.41, 5.74) is -0.264. The highest BCUT2D eigenvalue weighted by molar-refractivity contribution is 6.07. The number of carbonyl (C=O) groups is 3. The first kappa shape index (κ1) is 22.1. The topological polar surface area (TPSA) is 78.5 Å². The van der Waals surface area contributed by atoms with Crippen LogP contribution in [0.4, 0.5) is 24.5 Å². The van der Waals surface area contributed by atoms with Crippen molar-refractivity contribution in [1.29, 1.82) is 0 Å². The number of rotatable bonds is 6.